The fourth-order valence-electron chi connectivity index (χ4n) is 2.72. The summed E-state index contributed by atoms with van der Waals surface area (Å²) in [6, 6.07) is 0. The van der Waals surface area contributed by atoms with Gasteiger partial charge in [-0.05, 0) is 18.8 Å². The van der Waals surface area contributed by atoms with Gasteiger partial charge < -0.3 is 9.90 Å². The van der Waals surface area contributed by atoms with E-state index in [1.54, 1.807) is 0 Å². The molecule has 0 N–H and O–H groups in total. The highest BCUT2D eigenvalue weighted by molar-refractivity contribution is 5.67. The molecule has 0 rings (SSSR count). The Kier molecular flexibility index (Phi) is 14.5. The summed E-state index contributed by atoms with van der Waals surface area (Å²) in [6.45, 7) is 4.41. The summed E-state index contributed by atoms with van der Waals surface area (Å²) < 4.78 is 0. The third-order valence-corrected chi connectivity index (χ3v) is 4.15. The summed E-state index contributed by atoms with van der Waals surface area (Å²) in [6.07, 6.45) is 16.4. The van der Waals surface area contributed by atoms with Crippen LogP contribution in [0.1, 0.15) is 104 Å². The first-order valence-corrected chi connectivity index (χ1v) is 8.93. The molecule has 1 atom stereocenters. The fourth-order valence-corrected chi connectivity index (χ4v) is 2.72. The van der Waals surface area contributed by atoms with Gasteiger partial charge in [-0.3, -0.25) is 0 Å². The van der Waals surface area contributed by atoms with E-state index in [1.165, 1.54) is 57.8 Å². The molecule has 120 valence electrons. The van der Waals surface area contributed by atoms with Crippen LogP contribution in [0.5, 0.6) is 0 Å². The van der Waals surface area contributed by atoms with Gasteiger partial charge >= 0.3 is 0 Å². The minimum atomic E-state index is -0.829. The van der Waals surface area contributed by atoms with Crippen molar-refractivity contribution in [3.8, 4) is 0 Å². The number of aliphatic carboxylic acids is 1. The van der Waals surface area contributed by atoms with Crippen molar-refractivity contribution >= 4 is 5.97 Å². The fraction of sp³-hybridized carbons (Fsp3) is 0.944. The second-order valence-corrected chi connectivity index (χ2v) is 6.13. The molecule has 0 aliphatic carbocycles. The molecule has 0 spiro atoms. The Morgan fingerprint density at radius 1 is 0.700 bits per heavy atom. The predicted octanol–water partition coefficient (Wildman–Crippen LogP) is 4.85. The molecule has 1 unspecified atom stereocenters. The van der Waals surface area contributed by atoms with Gasteiger partial charge in [0.05, 0.1) is 0 Å². The average Bonchev–Trinajstić information content (AvgIpc) is 2.43. The lowest BCUT2D eigenvalue weighted by Crippen LogP contribution is -2.31. The quantitative estimate of drug-likeness (QED) is 0.403. The van der Waals surface area contributed by atoms with E-state index in [9.17, 15) is 9.90 Å². The first-order chi connectivity index (χ1) is 9.72. The lowest BCUT2D eigenvalue weighted by atomic mass is 9.94. The molecular weight excluding hydrogens is 248 g/mol. The van der Waals surface area contributed by atoms with E-state index in [1.807, 2.05) is 0 Å². The SMILES string of the molecule is CCCCCCCCCCC(CCCCCC)C(=O)[O-]. The second kappa shape index (κ2) is 14.9. The van der Waals surface area contributed by atoms with Crippen LogP contribution < -0.4 is 5.11 Å². The van der Waals surface area contributed by atoms with Crippen molar-refractivity contribution in [2.45, 2.75) is 104 Å². The summed E-state index contributed by atoms with van der Waals surface area (Å²) in [5, 5.41) is 11.1. The van der Waals surface area contributed by atoms with Gasteiger partial charge in [0.2, 0.25) is 0 Å². The van der Waals surface area contributed by atoms with Gasteiger partial charge in [-0.2, -0.15) is 0 Å². The van der Waals surface area contributed by atoms with E-state index < -0.39 is 5.97 Å². The topological polar surface area (TPSA) is 40.1 Å². The molecule has 0 aliphatic heterocycles. The summed E-state index contributed by atoms with van der Waals surface area (Å²) in [4.78, 5) is 11.1. The van der Waals surface area contributed by atoms with Crippen LogP contribution in [0.4, 0.5) is 0 Å². The number of hydrogen-bond acceptors (Lipinski definition) is 2. The van der Waals surface area contributed by atoms with E-state index in [2.05, 4.69) is 13.8 Å². The van der Waals surface area contributed by atoms with Gasteiger partial charge in [0.25, 0.3) is 0 Å². The van der Waals surface area contributed by atoms with Gasteiger partial charge in [-0.1, -0.05) is 90.9 Å². The molecule has 0 saturated heterocycles. The first kappa shape index (κ1) is 19.5. The molecule has 0 aromatic carbocycles. The van der Waals surface area contributed by atoms with E-state index in [0.717, 1.165) is 32.1 Å². The standard InChI is InChI=1S/C18H36O2/c1-3-5-7-9-10-11-12-14-16-17(18(19)20)15-13-8-6-4-2/h17H,3-16H2,1-2H3,(H,19,20)/p-1. The molecule has 2 nitrogen and oxygen atoms in total. The molecule has 2 heteroatoms. The Bertz CT molecular complexity index is 213. The second-order valence-electron chi connectivity index (χ2n) is 6.13. The average molecular weight is 283 g/mol. The van der Waals surface area contributed by atoms with Gasteiger partial charge in [0.1, 0.15) is 0 Å². The highest BCUT2D eigenvalue weighted by Crippen LogP contribution is 2.18. The van der Waals surface area contributed by atoms with Crippen LogP contribution in [0.3, 0.4) is 0 Å². The molecule has 0 saturated carbocycles. The zero-order valence-electron chi connectivity index (χ0n) is 13.8. The Labute approximate surface area is 126 Å². The number of carboxylic acids is 1. The molecule has 0 heterocycles. The van der Waals surface area contributed by atoms with Gasteiger partial charge in [-0.15, -0.1) is 0 Å². The Hall–Kier alpha value is -0.530. The van der Waals surface area contributed by atoms with Crippen LogP contribution in [0, 0.1) is 5.92 Å². The predicted molar refractivity (Wildman–Crippen MR) is 84.5 cm³/mol. The maximum atomic E-state index is 11.1. The van der Waals surface area contributed by atoms with Crippen LogP contribution >= 0.6 is 0 Å². The van der Waals surface area contributed by atoms with Gasteiger partial charge in [0, 0.05) is 5.97 Å². The zero-order chi connectivity index (χ0) is 15.1. The maximum absolute atomic E-state index is 11.1. The van der Waals surface area contributed by atoms with E-state index in [-0.39, 0.29) is 5.92 Å². The van der Waals surface area contributed by atoms with Crippen molar-refractivity contribution in [2.24, 2.45) is 5.92 Å². The molecule has 20 heavy (non-hydrogen) atoms. The van der Waals surface area contributed by atoms with Crippen molar-refractivity contribution < 1.29 is 9.90 Å². The Morgan fingerprint density at radius 3 is 1.45 bits per heavy atom. The summed E-state index contributed by atoms with van der Waals surface area (Å²) >= 11 is 0. The van der Waals surface area contributed by atoms with E-state index >= 15 is 0 Å². The van der Waals surface area contributed by atoms with Crippen LogP contribution in [0.25, 0.3) is 0 Å². The molecule has 0 radical (unpaired) electrons. The van der Waals surface area contributed by atoms with Crippen molar-refractivity contribution in [1.29, 1.82) is 0 Å². The lowest BCUT2D eigenvalue weighted by molar-refractivity contribution is -0.312. The highest BCUT2D eigenvalue weighted by Gasteiger charge is 2.09. The third kappa shape index (κ3) is 12.5. The molecular formula is C18H35O2-. The smallest absolute Gasteiger partial charge is 0.0445 e. The first-order valence-electron chi connectivity index (χ1n) is 8.93. The molecule has 0 amide bonds. The minimum absolute atomic E-state index is 0.202. The molecule has 0 bridgehead atoms. The zero-order valence-corrected chi connectivity index (χ0v) is 13.8. The summed E-state index contributed by atoms with van der Waals surface area (Å²) in [7, 11) is 0. The molecule has 0 aliphatic rings. The van der Waals surface area contributed by atoms with Gasteiger partial charge in [-0.25, -0.2) is 0 Å². The van der Waals surface area contributed by atoms with Crippen molar-refractivity contribution in [3.63, 3.8) is 0 Å². The minimum Gasteiger partial charge on any atom is -0.550 e. The van der Waals surface area contributed by atoms with E-state index in [4.69, 9.17) is 0 Å². The molecule has 0 aromatic heterocycles. The van der Waals surface area contributed by atoms with Crippen molar-refractivity contribution in [2.75, 3.05) is 0 Å². The molecule has 0 fully saturated rings. The number of carboxylic acid groups (broad SMARTS) is 1. The van der Waals surface area contributed by atoms with Crippen molar-refractivity contribution in [3.05, 3.63) is 0 Å². The largest absolute Gasteiger partial charge is 0.550 e. The Morgan fingerprint density at radius 2 is 1.05 bits per heavy atom. The van der Waals surface area contributed by atoms with Crippen LogP contribution in [0.15, 0.2) is 0 Å². The maximum Gasteiger partial charge on any atom is 0.0445 e. The lowest BCUT2D eigenvalue weighted by Gasteiger charge is -2.17. The molecule has 0 aromatic rings. The van der Waals surface area contributed by atoms with E-state index in [0.29, 0.717) is 0 Å². The van der Waals surface area contributed by atoms with Crippen LogP contribution in [-0.4, -0.2) is 5.97 Å². The Balaban J connectivity index is 3.48. The summed E-state index contributed by atoms with van der Waals surface area (Å²) in [5.41, 5.74) is 0. The number of hydrogen-bond donors (Lipinski definition) is 0. The number of carbonyl (C=O) groups excluding carboxylic acids is 1. The normalized spacial score (nSPS) is 12.5. The third-order valence-electron chi connectivity index (χ3n) is 4.15. The monoisotopic (exact) mass is 283 g/mol. The van der Waals surface area contributed by atoms with Crippen LogP contribution in [-0.2, 0) is 4.79 Å². The highest BCUT2D eigenvalue weighted by atomic mass is 16.4. The van der Waals surface area contributed by atoms with Gasteiger partial charge in [0.15, 0.2) is 0 Å². The number of carbonyl (C=O) groups is 1. The van der Waals surface area contributed by atoms with Crippen LogP contribution in [0.2, 0.25) is 0 Å². The number of unbranched alkanes of at least 4 members (excludes halogenated alkanes) is 10. The summed E-state index contributed by atoms with van der Waals surface area (Å²) in [5.74, 6) is -1.03. The number of rotatable bonds is 15. The van der Waals surface area contributed by atoms with Crippen molar-refractivity contribution in [1.82, 2.24) is 0 Å².